The van der Waals surface area contributed by atoms with Gasteiger partial charge in [0, 0.05) is 10.6 Å². The fraction of sp³-hybridized carbons (Fsp3) is 0.294. The highest BCUT2D eigenvalue weighted by Gasteiger charge is 2.17. The number of hydrogen-bond acceptors (Lipinski definition) is 1. The predicted octanol–water partition coefficient (Wildman–Crippen LogP) is 4.65. The van der Waals surface area contributed by atoms with Crippen LogP contribution in [0.1, 0.15) is 42.1 Å². The average molecular weight is 292 g/mol. The average Bonchev–Trinajstić information content (AvgIpc) is 2.48. The maximum atomic E-state index is 14.0. The molecule has 2 aromatic carbocycles. The second-order valence-electron chi connectivity index (χ2n) is 4.88. The molecule has 0 fully saturated rings. The Bertz CT molecular complexity index is 610. The van der Waals surface area contributed by atoms with Gasteiger partial charge in [0.2, 0.25) is 0 Å². The van der Waals surface area contributed by atoms with Gasteiger partial charge in [0.05, 0.1) is 6.04 Å². The molecule has 0 aromatic heterocycles. The molecule has 0 aliphatic rings. The van der Waals surface area contributed by atoms with E-state index in [2.05, 4.69) is 32.0 Å². The summed E-state index contributed by atoms with van der Waals surface area (Å²) in [5, 5.41) is 0.501. The van der Waals surface area contributed by atoms with E-state index in [1.165, 1.54) is 17.7 Å². The van der Waals surface area contributed by atoms with E-state index in [4.69, 9.17) is 17.3 Å². The summed E-state index contributed by atoms with van der Waals surface area (Å²) < 4.78 is 14.0. The zero-order chi connectivity index (χ0) is 14.7. The summed E-state index contributed by atoms with van der Waals surface area (Å²) in [4.78, 5) is 0. The molecule has 0 radical (unpaired) electrons. The SMILES string of the molecule is CCc1ccc(CC)c(C(N)c2cc(Cl)ccc2F)c1. The van der Waals surface area contributed by atoms with Crippen molar-refractivity contribution in [3.8, 4) is 0 Å². The molecule has 106 valence electrons. The summed E-state index contributed by atoms with van der Waals surface area (Å²) in [7, 11) is 0. The largest absolute Gasteiger partial charge is 0.320 e. The number of benzene rings is 2. The molecule has 1 nitrogen and oxygen atoms in total. The molecule has 0 saturated carbocycles. The van der Waals surface area contributed by atoms with Crippen molar-refractivity contribution in [1.29, 1.82) is 0 Å². The molecule has 1 atom stereocenters. The molecule has 1 unspecified atom stereocenters. The molecule has 0 spiro atoms. The Morgan fingerprint density at radius 2 is 1.80 bits per heavy atom. The fourth-order valence-corrected chi connectivity index (χ4v) is 2.58. The van der Waals surface area contributed by atoms with Gasteiger partial charge in [0.1, 0.15) is 5.82 Å². The third-order valence-electron chi connectivity index (χ3n) is 3.63. The number of rotatable bonds is 4. The third-order valence-corrected chi connectivity index (χ3v) is 3.86. The van der Waals surface area contributed by atoms with Gasteiger partial charge in [-0.2, -0.15) is 0 Å². The molecular weight excluding hydrogens is 273 g/mol. The van der Waals surface area contributed by atoms with Crippen molar-refractivity contribution in [3.63, 3.8) is 0 Å². The number of nitrogens with two attached hydrogens (primary N) is 1. The summed E-state index contributed by atoms with van der Waals surface area (Å²) in [6.07, 6.45) is 1.80. The van der Waals surface area contributed by atoms with Gasteiger partial charge < -0.3 is 5.73 Å². The summed E-state index contributed by atoms with van der Waals surface area (Å²) in [5.74, 6) is -0.314. The zero-order valence-corrected chi connectivity index (χ0v) is 12.5. The van der Waals surface area contributed by atoms with Gasteiger partial charge in [-0.1, -0.05) is 43.6 Å². The zero-order valence-electron chi connectivity index (χ0n) is 11.8. The minimum Gasteiger partial charge on any atom is -0.320 e. The van der Waals surface area contributed by atoms with Gasteiger partial charge in [-0.25, -0.2) is 4.39 Å². The maximum Gasteiger partial charge on any atom is 0.128 e. The molecule has 2 N–H and O–H groups in total. The van der Waals surface area contributed by atoms with E-state index in [-0.39, 0.29) is 5.82 Å². The van der Waals surface area contributed by atoms with Crippen LogP contribution in [-0.4, -0.2) is 0 Å². The molecule has 0 amide bonds. The molecule has 0 saturated heterocycles. The quantitative estimate of drug-likeness (QED) is 0.871. The first-order valence-corrected chi connectivity index (χ1v) is 7.26. The predicted molar refractivity (Wildman–Crippen MR) is 82.6 cm³/mol. The van der Waals surface area contributed by atoms with Crippen molar-refractivity contribution >= 4 is 11.6 Å². The van der Waals surface area contributed by atoms with E-state index in [9.17, 15) is 4.39 Å². The number of halogens is 2. The molecule has 0 heterocycles. The van der Waals surface area contributed by atoms with Gasteiger partial charge in [-0.3, -0.25) is 0 Å². The molecule has 20 heavy (non-hydrogen) atoms. The van der Waals surface area contributed by atoms with Crippen LogP contribution in [0.2, 0.25) is 5.02 Å². The van der Waals surface area contributed by atoms with Crippen LogP contribution in [0.25, 0.3) is 0 Å². The lowest BCUT2D eigenvalue weighted by Crippen LogP contribution is -2.16. The van der Waals surface area contributed by atoms with Gasteiger partial charge in [-0.15, -0.1) is 0 Å². The standard InChI is InChI=1S/C17H19ClFN/c1-3-11-5-6-12(4-2)14(9-11)17(20)15-10-13(18)7-8-16(15)19/h5-10,17H,3-4,20H2,1-2H3. The van der Waals surface area contributed by atoms with Crippen LogP contribution in [0.4, 0.5) is 4.39 Å². The summed E-state index contributed by atoms with van der Waals surface area (Å²) >= 11 is 5.96. The molecule has 2 aromatic rings. The Kier molecular flexibility index (Phi) is 4.79. The van der Waals surface area contributed by atoms with Crippen molar-refractivity contribution in [3.05, 3.63) is 69.5 Å². The molecular formula is C17H19ClFN. The Hall–Kier alpha value is -1.38. The van der Waals surface area contributed by atoms with Crippen LogP contribution >= 0.6 is 11.6 Å². The molecule has 0 aliphatic heterocycles. The summed E-state index contributed by atoms with van der Waals surface area (Å²) in [6.45, 7) is 4.17. The van der Waals surface area contributed by atoms with Crippen molar-refractivity contribution in [2.75, 3.05) is 0 Å². The highest BCUT2D eigenvalue weighted by molar-refractivity contribution is 6.30. The van der Waals surface area contributed by atoms with E-state index in [0.717, 1.165) is 24.0 Å². The van der Waals surface area contributed by atoms with E-state index in [1.54, 1.807) is 6.07 Å². The van der Waals surface area contributed by atoms with Gasteiger partial charge in [0.25, 0.3) is 0 Å². The first kappa shape index (κ1) is 15.0. The Morgan fingerprint density at radius 1 is 1.05 bits per heavy atom. The maximum absolute atomic E-state index is 14.0. The summed E-state index contributed by atoms with van der Waals surface area (Å²) in [6, 6.07) is 10.3. The van der Waals surface area contributed by atoms with Crippen molar-refractivity contribution < 1.29 is 4.39 Å². The Morgan fingerprint density at radius 3 is 2.45 bits per heavy atom. The third kappa shape index (κ3) is 3.02. The van der Waals surface area contributed by atoms with E-state index >= 15 is 0 Å². The van der Waals surface area contributed by atoms with Gasteiger partial charge in [0.15, 0.2) is 0 Å². The lowest BCUT2D eigenvalue weighted by atomic mass is 9.91. The van der Waals surface area contributed by atoms with Crippen molar-refractivity contribution in [2.45, 2.75) is 32.7 Å². The lowest BCUT2D eigenvalue weighted by molar-refractivity contribution is 0.599. The first-order chi connectivity index (χ1) is 9.56. The van der Waals surface area contributed by atoms with Crippen molar-refractivity contribution in [1.82, 2.24) is 0 Å². The minimum atomic E-state index is -0.491. The van der Waals surface area contributed by atoms with Crippen LogP contribution in [0.3, 0.4) is 0 Å². The van der Waals surface area contributed by atoms with E-state index in [0.29, 0.717) is 10.6 Å². The minimum absolute atomic E-state index is 0.314. The van der Waals surface area contributed by atoms with Crippen LogP contribution in [-0.2, 0) is 12.8 Å². The first-order valence-electron chi connectivity index (χ1n) is 6.89. The number of aryl methyl sites for hydroxylation is 2. The smallest absolute Gasteiger partial charge is 0.128 e. The van der Waals surface area contributed by atoms with Gasteiger partial charge in [-0.05, 0) is 47.7 Å². The van der Waals surface area contributed by atoms with E-state index in [1.807, 2.05) is 0 Å². The Labute approximate surface area is 124 Å². The summed E-state index contributed by atoms with van der Waals surface area (Å²) in [5.41, 5.74) is 10.1. The highest BCUT2D eigenvalue weighted by Crippen LogP contribution is 2.28. The lowest BCUT2D eigenvalue weighted by Gasteiger charge is -2.18. The number of hydrogen-bond donors (Lipinski definition) is 1. The van der Waals surface area contributed by atoms with Crippen LogP contribution in [0, 0.1) is 5.82 Å². The normalized spacial score (nSPS) is 12.4. The molecule has 3 heteroatoms. The molecule has 0 aliphatic carbocycles. The van der Waals surface area contributed by atoms with Crippen molar-refractivity contribution in [2.24, 2.45) is 5.73 Å². The highest BCUT2D eigenvalue weighted by atomic mass is 35.5. The molecule has 2 rings (SSSR count). The van der Waals surface area contributed by atoms with Crippen LogP contribution in [0.5, 0.6) is 0 Å². The molecule has 0 bridgehead atoms. The second-order valence-corrected chi connectivity index (χ2v) is 5.32. The van der Waals surface area contributed by atoms with Crippen LogP contribution < -0.4 is 5.73 Å². The fourth-order valence-electron chi connectivity index (χ4n) is 2.40. The monoisotopic (exact) mass is 291 g/mol. The Balaban J connectivity index is 2.51. The second kappa shape index (κ2) is 6.38. The van der Waals surface area contributed by atoms with E-state index < -0.39 is 6.04 Å². The topological polar surface area (TPSA) is 26.0 Å². The van der Waals surface area contributed by atoms with Crippen LogP contribution in [0.15, 0.2) is 36.4 Å². The van der Waals surface area contributed by atoms with Gasteiger partial charge >= 0.3 is 0 Å².